The van der Waals surface area contributed by atoms with Crippen LogP contribution in [0.4, 0.5) is 5.69 Å². The molecule has 0 radical (unpaired) electrons. The van der Waals surface area contributed by atoms with Crippen molar-refractivity contribution in [3.63, 3.8) is 0 Å². The number of amides is 1. The SMILES string of the molecule is Nc1ccc(Br)c(C(=O)NCCC2CCCCC2)c1. The molecule has 19 heavy (non-hydrogen) atoms. The maximum Gasteiger partial charge on any atom is 0.252 e. The molecule has 3 N–H and O–H groups in total. The van der Waals surface area contributed by atoms with E-state index in [-0.39, 0.29) is 5.91 Å². The molecule has 0 saturated heterocycles. The molecule has 0 unspecified atom stereocenters. The molecule has 0 heterocycles. The highest BCUT2D eigenvalue weighted by Crippen LogP contribution is 2.26. The van der Waals surface area contributed by atoms with Crippen molar-refractivity contribution in [3.8, 4) is 0 Å². The number of benzene rings is 1. The number of nitrogens with two attached hydrogens (primary N) is 1. The summed E-state index contributed by atoms with van der Waals surface area (Å²) in [5.74, 6) is 0.744. The van der Waals surface area contributed by atoms with Crippen molar-refractivity contribution < 1.29 is 4.79 Å². The molecule has 1 aromatic carbocycles. The molecule has 1 aromatic rings. The molecular formula is C15H21BrN2O. The Morgan fingerprint density at radius 2 is 2.05 bits per heavy atom. The molecule has 4 heteroatoms. The molecule has 104 valence electrons. The van der Waals surface area contributed by atoms with Crippen LogP contribution in [0.2, 0.25) is 0 Å². The lowest BCUT2D eigenvalue weighted by molar-refractivity contribution is 0.0949. The average molecular weight is 325 g/mol. The largest absolute Gasteiger partial charge is 0.399 e. The van der Waals surface area contributed by atoms with Gasteiger partial charge in [-0.3, -0.25) is 4.79 Å². The van der Waals surface area contributed by atoms with Crippen LogP contribution < -0.4 is 11.1 Å². The van der Waals surface area contributed by atoms with Crippen LogP contribution in [0.1, 0.15) is 48.9 Å². The Balaban J connectivity index is 1.82. The highest BCUT2D eigenvalue weighted by atomic mass is 79.9. The summed E-state index contributed by atoms with van der Waals surface area (Å²) < 4.78 is 0.789. The molecule has 0 spiro atoms. The molecule has 0 aromatic heterocycles. The van der Waals surface area contributed by atoms with Gasteiger partial charge in [0.05, 0.1) is 5.56 Å². The zero-order valence-electron chi connectivity index (χ0n) is 11.1. The standard InChI is InChI=1S/C15H21BrN2O/c16-14-7-6-12(17)10-13(14)15(19)18-9-8-11-4-2-1-3-5-11/h6-7,10-11H,1-5,8-9,17H2,(H,18,19). The lowest BCUT2D eigenvalue weighted by atomic mass is 9.87. The molecule has 1 fully saturated rings. The number of carbonyl (C=O) groups is 1. The summed E-state index contributed by atoms with van der Waals surface area (Å²) in [6.45, 7) is 0.755. The summed E-state index contributed by atoms with van der Waals surface area (Å²) in [7, 11) is 0. The van der Waals surface area contributed by atoms with Crippen molar-refractivity contribution in [3.05, 3.63) is 28.2 Å². The van der Waals surface area contributed by atoms with Crippen molar-refractivity contribution in [1.82, 2.24) is 5.32 Å². The second-order valence-electron chi connectivity index (χ2n) is 5.29. The monoisotopic (exact) mass is 324 g/mol. The molecule has 1 aliphatic rings. The number of nitrogen functional groups attached to an aromatic ring is 1. The van der Waals surface area contributed by atoms with E-state index in [2.05, 4.69) is 21.2 Å². The highest BCUT2D eigenvalue weighted by Gasteiger charge is 2.14. The molecule has 1 saturated carbocycles. The van der Waals surface area contributed by atoms with Gasteiger partial charge in [-0.1, -0.05) is 32.1 Å². The van der Waals surface area contributed by atoms with Crippen LogP contribution in [-0.4, -0.2) is 12.5 Å². The molecule has 0 bridgehead atoms. The average Bonchev–Trinajstić information content (AvgIpc) is 2.42. The molecule has 0 aliphatic heterocycles. The predicted octanol–water partition coefficient (Wildman–Crippen LogP) is 3.73. The van der Waals surface area contributed by atoms with E-state index >= 15 is 0 Å². The van der Waals surface area contributed by atoms with Crippen molar-refractivity contribution in [2.24, 2.45) is 5.92 Å². The fraction of sp³-hybridized carbons (Fsp3) is 0.533. The molecule has 3 nitrogen and oxygen atoms in total. The number of carbonyl (C=O) groups excluding carboxylic acids is 1. The van der Waals surface area contributed by atoms with E-state index in [1.165, 1.54) is 32.1 Å². The summed E-state index contributed by atoms with van der Waals surface area (Å²) >= 11 is 3.38. The first-order chi connectivity index (χ1) is 9.16. The summed E-state index contributed by atoms with van der Waals surface area (Å²) in [5.41, 5.74) is 6.94. The maximum absolute atomic E-state index is 12.1. The molecule has 1 aliphatic carbocycles. The van der Waals surface area contributed by atoms with E-state index in [0.717, 1.165) is 23.4 Å². The van der Waals surface area contributed by atoms with E-state index in [1.807, 2.05) is 6.07 Å². The van der Waals surface area contributed by atoms with Gasteiger partial charge in [0.25, 0.3) is 5.91 Å². The van der Waals surface area contributed by atoms with Gasteiger partial charge in [-0.2, -0.15) is 0 Å². The van der Waals surface area contributed by atoms with Gasteiger partial charge in [-0.25, -0.2) is 0 Å². The lowest BCUT2D eigenvalue weighted by Crippen LogP contribution is -2.26. The Bertz CT molecular complexity index is 442. The van der Waals surface area contributed by atoms with Crippen LogP contribution in [0.25, 0.3) is 0 Å². The normalized spacial score (nSPS) is 16.3. The molecule has 2 rings (SSSR count). The summed E-state index contributed by atoms with van der Waals surface area (Å²) in [5, 5.41) is 2.99. The number of nitrogens with one attached hydrogen (secondary N) is 1. The third-order valence-electron chi connectivity index (χ3n) is 3.80. The number of halogens is 1. The minimum absolute atomic E-state index is 0.0463. The Labute approximate surface area is 123 Å². The van der Waals surface area contributed by atoms with E-state index in [9.17, 15) is 4.79 Å². The minimum atomic E-state index is -0.0463. The Morgan fingerprint density at radius 3 is 2.79 bits per heavy atom. The fourth-order valence-corrected chi connectivity index (χ4v) is 3.10. The highest BCUT2D eigenvalue weighted by molar-refractivity contribution is 9.10. The summed E-state index contributed by atoms with van der Waals surface area (Å²) in [6, 6.07) is 5.30. The number of hydrogen-bond donors (Lipinski definition) is 2. The van der Waals surface area contributed by atoms with Crippen LogP contribution in [0.15, 0.2) is 22.7 Å². The second kappa shape index (κ2) is 6.94. The Morgan fingerprint density at radius 1 is 1.32 bits per heavy atom. The summed E-state index contributed by atoms with van der Waals surface area (Å²) in [6.07, 6.45) is 7.79. The first-order valence-corrected chi connectivity index (χ1v) is 7.79. The first kappa shape index (κ1) is 14.4. The van der Waals surface area contributed by atoms with Crippen LogP contribution in [0, 0.1) is 5.92 Å². The van der Waals surface area contributed by atoms with Crippen LogP contribution in [-0.2, 0) is 0 Å². The van der Waals surface area contributed by atoms with Gasteiger partial charge in [0.15, 0.2) is 0 Å². The van der Waals surface area contributed by atoms with E-state index in [0.29, 0.717) is 11.3 Å². The van der Waals surface area contributed by atoms with Crippen LogP contribution in [0.3, 0.4) is 0 Å². The van der Waals surface area contributed by atoms with Gasteiger partial charge in [0, 0.05) is 16.7 Å². The second-order valence-corrected chi connectivity index (χ2v) is 6.14. The minimum Gasteiger partial charge on any atom is -0.399 e. The molecular weight excluding hydrogens is 304 g/mol. The number of rotatable bonds is 4. The van der Waals surface area contributed by atoms with Crippen molar-refractivity contribution in [2.75, 3.05) is 12.3 Å². The maximum atomic E-state index is 12.1. The Hall–Kier alpha value is -1.03. The lowest BCUT2D eigenvalue weighted by Gasteiger charge is -2.21. The zero-order chi connectivity index (χ0) is 13.7. The van der Waals surface area contributed by atoms with Gasteiger partial charge < -0.3 is 11.1 Å². The van der Waals surface area contributed by atoms with Crippen molar-refractivity contribution >= 4 is 27.5 Å². The van der Waals surface area contributed by atoms with Gasteiger partial charge in [0.2, 0.25) is 0 Å². The van der Waals surface area contributed by atoms with Crippen molar-refractivity contribution in [1.29, 1.82) is 0 Å². The van der Waals surface area contributed by atoms with Gasteiger partial charge in [-0.15, -0.1) is 0 Å². The predicted molar refractivity (Wildman–Crippen MR) is 82.1 cm³/mol. The Kier molecular flexibility index (Phi) is 5.25. The quantitative estimate of drug-likeness (QED) is 0.829. The van der Waals surface area contributed by atoms with Crippen molar-refractivity contribution in [2.45, 2.75) is 38.5 Å². The molecule has 0 atom stereocenters. The van der Waals surface area contributed by atoms with Gasteiger partial charge >= 0.3 is 0 Å². The number of hydrogen-bond acceptors (Lipinski definition) is 2. The number of anilines is 1. The van der Waals surface area contributed by atoms with Gasteiger partial charge in [-0.05, 0) is 46.5 Å². The smallest absolute Gasteiger partial charge is 0.252 e. The topological polar surface area (TPSA) is 55.1 Å². The summed E-state index contributed by atoms with van der Waals surface area (Å²) in [4.78, 5) is 12.1. The third kappa shape index (κ3) is 4.23. The third-order valence-corrected chi connectivity index (χ3v) is 4.49. The molecule has 1 amide bonds. The van der Waals surface area contributed by atoms with E-state index in [4.69, 9.17) is 5.73 Å². The zero-order valence-corrected chi connectivity index (χ0v) is 12.7. The van der Waals surface area contributed by atoms with E-state index < -0.39 is 0 Å². The van der Waals surface area contributed by atoms with Crippen LogP contribution >= 0.6 is 15.9 Å². The van der Waals surface area contributed by atoms with Gasteiger partial charge in [0.1, 0.15) is 0 Å². The first-order valence-electron chi connectivity index (χ1n) is 7.00. The fourth-order valence-electron chi connectivity index (χ4n) is 2.68. The van der Waals surface area contributed by atoms with E-state index in [1.54, 1.807) is 12.1 Å². The van der Waals surface area contributed by atoms with Crippen LogP contribution in [0.5, 0.6) is 0 Å².